The maximum atomic E-state index is 10.9. The molecule has 2 aromatic carbocycles. The highest BCUT2D eigenvalue weighted by Gasteiger charge is 2.10. The fraction of sp³-hybridized carbons (Fsp3) is 0.273. The highest BCUT2D eigenvalue weighted by atomic mass is 32.1. The molecule has 1 aromatic heterocycles. The molecule has 0 saturated heterocycles. The number of amides is 1. The monoisotopic (exact) mass is 396 g/mol. The number of aromatic nitrogens is 1. The average molecular weight is 397 g/mol. The number of ether oxygens (including phenoxy) is 2. The Morgan fingerprint density at radius 3 is 2.43 bits per heavy atom. The summed E-state index contributed by atoms with van der Waals surface area (Å²) in [5.41, 5.74) is 4.31. The van der Waals surface area contributed by atoms with E-state index in [1.165, 1.54) is 5.56 Å². The molecule has 3 rings (SSSR count). The summed E-state index contributed by atoms with van der Waals surface area (Å²) in [6.45, 7) is 2.25. The summed E-state index contributed by atoms with van der Waals surface area (Å²) in [4.78, 5) is 15.7. The Labute approximate surface area is 169 Å². The fourth-order valence-corrected chi connectivity index (χ4v) is 3.73. The van der Waals surface area contributed by atoms with Crippen molar-refractivity contribution in [3.05, 3.63) is 53.4 Å². The van der Waals surface area contributed by atoms with Gasteiger partial charge in [0.05, 0.1) is 19.9 Å². The van der Waals surface area contributed by atoms with E-state index in [0.717, 1.165) is 34.7 Å². The van der Waals surface area contributed by atoms with Gasteiger partial charge in [-0.3, -0.25) is 4.79 Å². The van der Waals surface area contributed by atoms with Crippen molar-refractivity contribution in [2.24, 2.45) is 0 Å². The number of rotatable bonds is 8. The summed E-state index contributed by atoms with van der Waals surface area (Å²) < 4.78 is 10.7. The molecule has 0 atom stereocenters. The van der Waals surface area contributed by atoms with Gasteiger partial charge in [0.1, 0.15) is 5.01 Å². The lowest BCUT2D eigenvalue weighted by Gasteiger charge is -2.08. The van der Waals surface area contributed by atoms with Crippen molar-refractivity contribution in [3.63, 3.8) is 0 Å². The van der Waals surface area contributed by atoms with E-state index in [0.29, 0.717) is 18.0 Å². The number of carbonyl (C=O) groups excluding carboxylic acids is 1. The highest BCUT2D eigenvalue weighted by molar-refractivity contribution is 7.13. The number of hydrogen-bond acceptors (Lipinski definition) is 5. The first-order chi connectivity index (χ1) is 13.6. The summed E-state index contributed by atoms with van der Waals surface area (Å²) in [6.07, 6.45) is 1.87. The zero-order valence-corrected chi connectivity index (χ0v) is 17.1. The van der Waals surface area contributed by atoms with Gasteiger partial charge < -0.3 is 14.8 Å². The van der Waals surface area contributed by atoms with Crippen molar-refractivity contribution in [2.45, 2.75) is 19.8 Å². The number of thiazole rings is 1. The van der Waals surface area contributed by atoms with E-state index in [4.69, 9.17) is 14.5 Å². The molecule has 146 valence electrons. The van der Waals surface area contributed by atoms with Crippen molar-refractivity contribution in [1.82, 2.24) is 10.3 Å². The van der Waals surface area contributed by atoms with Crippen LogP contribution in [0.4, 0.5) is 0 Å². The van der Waals surface area contributed by atoms with E-state index in [-0.39, 0.29) is 5.91 Å². The number of carbonyl (C=O) groups is 1. The smallest absolute Gasteiger partial charge is 0.216 e. The first-order valence-corrected chi connectivity index (χ1v) is 10.0. The number of nitrogens with one attached hydrogen (secondary N) is 1. The summed E-state index contributed by atoms with van der Waals surface area (Å²) in [5.74, 6) is 1.42. The van der Waals surface area contributed by atoms with Crippen LogP contribution in [0.3, 0.4) is 0 Å². The molecule has 0 unspecified atom stereocenters. The third kappa shape index (κ3) is 4.89. The number of benzene rings is 2. The van der Waals surface area contributed by atoms with Gasteiger partial charge in [0.2, 0.25) is 5.91 Å². The molecule has 0 bridgehead atoms. The molecule has 6 heteroatoms. The van der Waals surface area contributed by atoms with Crippen LogP contribution in [-0.2, 0) is 11.2 Å². The summed E-state index contributed by atoms with van der Waals surface area (Å²) in [6, 6.07) is 14.3. The molecule has 0 radical (unpaired) electrons. The molecule has 0 aliphatic rings. The number of nitrogens with zero attached hydrogens (tertiary/aromatic N) is 1. The van der Waals surface area contributed by atoms with Crippen LogP contribution in [0, 0.1) is 0 Å². The molecule has 0 spiro atoms. The molecule has 1 heterocycles. The van der Waals surface area contributed by atoms with Crippen LogP contribution in [0.5, 0.6) is 11.5 Å². The van der Waals surface area contributed by atoms with E-state index in [1.807, 2.05) is 18.2 Å². The third-order valence-electron chi connectivity index (χ3n) is 4.40. The standard InChI is InChI=1S/C22H24N2O3S/c1-15(25)23-12-4-5-16-6-8-17(9-7-16)19-14-28-22(24-19)18-10-11-20(26-2)21(13-18)27-3/h6-11,13-14H,4-5,12H2,1-3H3,(H,23,25). The second kappa shape index (κ2) is 9.37. The summed E-state index contributed by atoms with van der Waals surface area (Å²) in [7, 11) is 3.26. The van der Waals surface area contributed by atoms with Crippen LogP contribution in [0.25, 0.3) is 21.8 Å². The molecule has 0 aliphatic heterocycles. The number of methoxy groups -OCH3 is 2. The Kier molecular flexibility index (Phi) is 6.66. The van der Waals surface area contributed by atoms with Crippen LogP contribution < -0.4 is 14.8 Å². The van der Waals surface area contributed by atoms with Crippen LogP contribution >= 0.6 is 11.3 Å². The van der Waals surface area contributed by atoms with Gasteiger partial charge in [-0.05, 0) is 36.6 Å². The van der Waals surface area contributed by atoms with Crippen molar-refractivity contribution in [2.75, 3.05) is 20.8 Å². The predicted octanol–water partition coefficient (Wildman–Crippen LogP) is 4.56. The van der Waals surface area contributed by atoms with E-state index < -0.39 is 0 Å². The van der Waals surface area contributed by atoms with Crippen LogP contribution in [-0.4, -0.2) is 31.7 Å². The average Bonchev–Trinajstić information content (AvgIpc) is 3.21. The molecule has 0 saturated carbocycles. The van der Waals surface area contributed by atoms with Crippen molar-refractivity contribution in [3.8, 4) is 33.3 Å². The molecule has 28 heavy (non-hydrogen) atoms. The zero-order chi connectivity index (χ0) is 19.9. The Bertz CT molecular complexity index is 935. The van der Waals surface area contributed by atoms with Gasteiger partial charge >= 0.3 is 0 Å². The summed E-state index contributed by atoms with van der Waals surface area (Å²) in [5, 5.41) is 5.83. The minimum absolute atomic E-state index is 0.0177. The highest BCUT2D eigenvalue weighted by Crippen LogP contribution is 2.35. The van der Waals surface area contributed by atoms with E-state index in [9.17, 15) is 4.79 Å². The maximum Gasteiger partial charge on any atom is 0.216 e. The lowest BCUT2D eigenvalue weighted by molar-refractivity contribution is -0.118. The van der Waals surface area contributed by atoms with Gasteiger partial charge in [0, 0.05) is 30.0 Å². The van der Waals surface area contributed by atoms with Crippen LogP contribution in [0.15, 0.2) is 47.8 Å². The molecular formula is C22H24N2O3S. The largest absolute Gasteiger partial charge is 0.493 e. The van der Waals surface area contributed by atoms with Crippen LogP contribution in [0.2, 0.25) is 0 Å². The predicted molar refractivity (Wildman–Crippen MR) is 113 cm³/mol. The zero-order valence-electron chi connectivity index (χ0n) is 16.3. The van der Waals surface area contributed by atoms with Crippen LogP contribution in [0.1, 0.15) is 18.9 Å². The van der Waals surface area contributed by atoms with E-state index in [1.54, 1.807) is 32.5 Å². The minimum atomic E-state index is 0.0177. The van der Waals surface area contributed by atoms with E-state index in [2.05, 4.69) is 35.0 Å². The minimum Gasteiger partial charge on any atom is -0.493 e. The molecule has 1 N–H and O–H groups in total. The lowest BCUT2D eigenvalue weighted by Crippen LogP contribution is -2.21. The van der Waals surface area contributed by atoms with Gasteiger partial charge in [-0.25, -0.2) is 4.98 Å². The number of aryl methyl sites for hydroxylation is 1. The van der Waals surface area contributed by atoms with Gasteiger partial charge in [0.15, 0.2) is 11.5 Å². The third-order valence-corrected chi connectivity index (χ3v) is 5.29. The molecular weight excluding hydrogens is 372 g/mol. The van der Waals surface area contributed by atoms with Crippen molar-refractivity contribution >= 4 is 17.2 Å². The van der Waals surface area contributed by atoms with Crippen molar-refractivity contribution < 1.29 is 14.3 Å². The maximum absolute atomic E-state index is 10.9. The van der Waals surface area contributed by atoms with Gasteiger partial charge in [0.25, 0.3) is 0 Å². The Hall–Kier alpha value is -2.86. The number of hydrogen-bond donors (Lipinski definition) is 1. The molecule has 1 amide bonds. The summed E-state index contributed by atoms with van der Waals surface area (Å²) >= 11 is 1.61. The fourth-order valence-electron chi connectivity index (χ4n) is 2.91. The Morgan fingerprint density at radius 2 is 1.75 bits per heavy atom. The Balaban J connectivity index is 1.69. The molecule has 0 aliphatic carbocycles. The topological polar surface area (TPSA) is 60.5 Å². The lowest BCUT2D eigenvalue weighted by atomic mass is 10.1. The SMILES string of the molecule is COc1ccc(-c2nc(-c3ccc(CCCNC(C)=O)cc3)cs2)cc1OC. The molecule has 0 fully saturated rings. The first kappa shape index (κ1) is 19.9. The Morgan fingerprint density at radius 1 is 1.04 bits per heavy atom. The molecule has 3 aromatic rings. The van der Waals surface area contributed by atoms with Gasteiger partial charge in [-0.15, -0.1) is 11.3 Å². The van der Waals surface area contributed by atoms with Gasteiger partial charge in [-0.2, -0.15) is 0 Å². The van der Waals surface area contributed by atoms with Gasteiger partial charge in [-0.1, -0.05) is 24.3 Å². The quantitative estimate of drug-likeness (QED) is 0.567. The second-order valence-electron chi connectivity index (χ2n) is 6.39. The van der Waals surface area contributed by atoms with E-state index >= 15 is 0 Å². The molecule has 5 nitrogen and oxygen atoms in total. The van der Waals surface area contributed by atoms with Crippen molar-refractivity contribution in [1.29, 1.82) is 0 Å². The second-order valence-corrected chi connectivity index (χ2v) is 7.25. The first-order valence-electron chi connectivity index (χ1n) is 9.12. The normalized spacial score (nSPS) is 10.5.